The standard InChI is InChI=1S/C16H17F2N3O/c1-3-10(2)20-16(22)11-6-13(9-19-8-11)21-12-4-5-14(17)15(18)7-12/h4-10,21H,3H2,1-2H3,(H,20,22). The van der Waals surface area contributed by atoms with Crippen molar-refractivity contribution in [1.29, 1.82) is 0 Å². The minimum atomic E-state index is -0.941. The van der Waals surface area contributed by atoms with Crippen LogP contribution in [0, 0.1) is 11.6 Å². The van der Waals surface area contributed by atoms with Gasteiger partial charge in [0.1, 0.15) is 0 Å². The van der Waals surface area contributed by atoms with Gasteiger partial charge in [-0.15, -0.1) is 0 Å². The van der Waals surface area contributed by atoms with Crippen molar-refractivity contribution in [3.05, 3.63) is 53.9 Å². The zero-order chi connectivity index (χ0) is 16.1. The van der Waals surface area contributed by atoms with Crippen molar-refractivity contribution in [3.63, 3.8) is 0 Å². The van der Waals surface area contributed by atoms with Crippen LogP contribution in [0.25, 0.3) is 0 Å². The third-order valence-corrected chi connectivity index (χ3v) is 3.20. The van der Waals surface area contributed by atoms with Crippen molar-refractivity contribution in [2.75, 3.05) is 5.32 Å². The topological polar surface area (TPSA) is 54.0 Å². The van der Waals surface area contributed by atoms with Crippen molar-refractivity contribution < 1.29 is 13.6 Å². The van der Waals surface area contributed by atoms with Crippen molar-refractivity contribution in [2.45, 2.75) is 26.3 Å². The van der Waals surface area contributed by atoms with Gasteiger partial charge in [-0.05, 0) is 31.5 Å². The van der Waals surface area contributed by atoms with Gasteiger partial charge in [-0.3, -0.25) is 9.78 Å². The summed E-state index contributed by atoms with van der Waals surface area (Å²) in [4.78, 5) is 16.0. The smallest absolute Gasteiger partial charge is 0.253 e. The zero-order valence-corrected chi connectivity index (χ0v) is 12.4. The lowest BCUT2D eigenvalue weighted by Gasteiger charge is -2.12. The Morgan fingerprint density at radius 2 is 1.95 bits per heavy atom. The van der Waals surface area contributed by atoms with Crippen LogP contribution in [-0.2, 0) is 0 Å². The molecule has 0 aliphatic heterocycles. The summed E-state index contributed by atoms with van der Waals surface area (Å²) in [5.74, 6) is -2.08. The third-order valence-electron chi connectivity index (χ3n) is 3.20. The fourth-order valence-corrected chi connectivity index (χ4v) is 1.78. The van der Waals surface area contributed by atoms with E-state index in [1.807, 2.05) is 13.8 Å². The lowest BCUT2D eigenvalue weighted by atomic mass is 10.2. The largest absolute Gasteiger partial charge is 0.354 e. The maximum Gasteiger partial charge on any atom is 0.253 e. The number of hydrogen-bond donors (Lipinski definition) is 2. The molecular formula is C16H17F2N3O. The quantitative estimate of drug-likeness (QED) is 0.887. The molecule has 2 rings (SSSR count). The highest BCUT2D eigenvalue weighted by Gasteiger charge is 2.10. The fraction of sp³-hybridized carbons (Fsp3) is 0.250. The number of carbonyl (C=O) groups excluding carboxylic acids is 1. The summed E-state index contributed by atoms with van der Waals surface area (Å²) in [5.41, 5.74) is 1.29. The van der Waals surface area contributed by atoms with E-state index >= 15 is 0 Å². The normalized spacial score (nSPS) is 11.8. The predicted molar refractivity (Wildman–Crippen MR) is 81.1 cm³/mol. The second-order valence-electron chi connectivity index (χ2n) is 5.00. The number of anilines is 2. The van der Waals surface area contributed by atoms with Crippen LogP contribution in [0.3, 0.4) is 0 Å². The van der Waals surface area contributed by atoms with E-state index in [1.54, 1.807) is 6.07 Å². The number of nitrogens with one attached hydrogen (secondary N) is 2. The molecule has 6 heteroatoms. The Morgan fingerprint density at radius 1 is 1.18 bits per heavy atom. The number of benzene rings is 1. The van der Waals surface area contributed by atoms with E-state index in [9.17, 15) is 13.6 Å². The van der Waals surface area contributed by atoms with Crippen molar-refractivity contribution in [3.8, 4) is 0 Å². The molecule has 1 atom stereocenters. The van der Waals surface area contributed by atoms with Crippen molar-refractivity contribution in [2.24, 2.45) is 0 Å². The molecule has 0 radical (unpaired) electrons. The summed E-state index contributed by atoms with van der Waals surface area (Å²) in [6.07, 6.45) is 3.78. The lowest BCUT2D eigenvalue weighted by molar-refractivity contribution is 0.0939. The molecule has 0 saturated carbocycles. The molecule has 1 heterocycles. The molecule has 1 amide bonds. The zero-order valence-electron chi connectivity index (χ0n) is 12.4. The highest BCUT2D eigenvalue weighted by molar-refractivity contribution is 5.95. The Bertz CT molecular complexity index is 676. The van der Waals surface area contributed by atoms with Gasteiger partial charge in [-0.25, -0.2) is 8.78 Å². The first-order chi connectivity index (χ1) is 10.5. The molecule has 2 aromatic rings. The number of carbonyl (C=O) groups is 1. The van der Waals surface area contributed by atoms with E-state index in [0.29, 0.717) is 16.9 Å². The van der Waals surface area contributed by atoms with Gasteiger partial charge in [0.15, 0.2) is 11.6 Å². The third kappa shape index (κ3) is 4.00. The average molecular weight is 305 g/mol. The van der Waals surface area contributed by atoms with E-state index in [1.165, 1.54) is 18.5 Å². The minimum absolute atomic E-state index is 0.0651. The molecule has 0 aliphatic carbocycles. The van der Waals surface area contributed by atoms with E-state index in [-0.39, 0.29) is 11.9 Å². The molecule has 0 fully saturated rings. The van der Waals surface area contributed by atoms with Crippen LogP contribution in [0.5, 0.6) is 0 Å². The minimum Gasteiger partial charge on any atom is -0.354 e. The molecular weight excluding hydrogens is 288 g/mol. The van der Waals surface area contributed by atoms with Crippen LogP contribution >= 0.6 is 0 Å². The molecule has 116 valence electrons. The lowest BCUT2D eigenvalue weighted by Crippen LogP contribution is -2.31. The Morgan fingerprint density at radius 3 is 2.64 bits per heavy atom. The highest BCUT2D eigenvalue weighted by Crippen LogP contribution is 2.19. The van der Waals surface area contributed by atoms with Crippen LogP contribution in [0.4, 0.5) is 20.2 Å². The molecule has 22 heavy (non-hydrogen) atoms. The van der Waals surface area contributed by atoms with Gasteiger partial charge in [0.2, 0.25) is 0 Å². The average Bonchev–Trinajstić information content (AvgIpc) is 2.51. The van der Waals surface area contributed by atoms with Gasteiger partial charge in [0.05, 0.1) is 17.4 Å². The van der Waals surface area contributed by atoms with Gasteiger partial charge in [0, 0.05) is 24.0 Å². The Hall–Kier alpha value is -2.50. The Balaban J connectivity index is 2.14. The summed E-state index contributed by atoms with van der Waals surface area (Å²) in [6, 6.07) is 5.15. The molecule has 1 aromatic heterocycles. The summed E-state index contributed by atoms with van der Waals surface area (Å²) in [5, 5.41) is 5.72. The maximum atomic E-state index is 13.2. The van der Waals surface area contributed by atoms with E-state index in [2.05, 4.69) is 15.6 Å². The van der Waals surface area contributed by atoms with E-state index in [0.717, 1.165) is 18.6 Å². The van der Waals surface area contributed by atoms with Gasteiger partial charge in [-0.2, -0.15) is 0 Å². The number of hydrogen-bond acceptors (Lipinski definition) is 3. The second kappa shape index (κ2) is 6.98. The van der Waals surface area contributed by atoms with Crippen molar-refractivity contribution in [1.82, 2.24) is 10.3 Å². The van der Waals surface area contributed by atoms with Gasteiger partial charge >= 0.3 is 0 Å². The number of pyridine rings is 1. The first-order valence-electron chi connectivity index (χ1n) is 6.97. The molecule has 1 aromatic carbocycles. The van der Waals surface area contributed by atoms with Gasteiger partial charge in [0.25, 0.3) is 5.91 Å². The Kier molecular flexibility index (Phi) is 5.04. The fourth-order valence-electron chi connectivity index (χ4n) is 1.78. The molecule has 2 N–H and O–H groups in total. The maximum absolute atomic E-state index is 13.2. The first-order valence-corrected chi connectivity index (χ1v) is 6.97. The number of nitrogens with zero attached hydrogens (tertiary/aromatic N) is 1. The van der Waals surface area contributed by atoms with E-state index in [4.69, 9.17) is 0 Å². The molecule has 4 nitrogen and oxygen atoms in total. The number of halogens is 2. The second-order valence-corrected chi connectivity index (χ2v) is 5.00. The molecule has 0 spiro atoms. The summed E-state index contributed by atoms with van der Waals surface area (Å²) in [7, 11) is 0. The van der Waals surface area contributed by atoms with Crippen LogP contribution in [-0.4, -0.2) is 16.9 Å². The monoisotopic (exact) mass is 305 g/mol. The van der Waals surface area contributed by atoms with Crippen LogP contribution in [0.1, 0.15) is 30.6 Å². The van der Waals surface area contributed by atoms with Crippen LogP contribution in [0.2, 0.25) is 0 Å². The molecule has 0 aliphatic rings. The number of amides is 1. The van der Waals surface area contributed by atoms with Crippen molar-refractivity contribution >= 4 is 17.3 Å². The Labute approximate surface area is 127 Å². The number of aromatic nitrogens is 1. The number of rotatable bonds is 5. The molecule has 1 unspecified atom stereocenters. The van der Waals surface area contributed by atoms with Crippen LogP contribution in [0.15, 0.2) is 36.7 Å². The van der Waals surface area contributed by atoms with Gasteiger partial charge < -0.3 is 10.6 Å². The summed E-state index contributed by atoms with van der Waals surface area (Å²) >= 11 is 0. The van der Waals surface area contributed by atoms with E-state index < -0.39 is 11.6 Å². The van der Waals surface area contributed by atoms with Crippen LogP contribution < -0.4 is 10.6 Å². The molecule has 0 bridgehead atoms. The SMILES string of the molecule is CCC(C)NC(=O)c1cncc(Nc2ccc(F)c(F)c2)c1. The van der Waals surface area contributed by atoms with Gasteiger partial charge in [-0.1, -0.05) is 6.92 Å². The predicted octanol–water partition coefficient (Wildman–Crippen LogP) is 3.63. The summed E-state index contributed by atoms with van der Waals surface area (Å²) in [6.45, 7) is 3.89. The highest BCUT2D eigenvalue weighted by atomic mass is 19.2. The summed E-state index contributed by atoms with van der Waals surface area (Å²) < 4.78 is 26.1. The first kappa shape index (κ1) is 15.9. The molecule has 0 saturated heterocycles.